The molecule has 0 fully saturated rings. The molecule has 2 aromatic rings. The van der Waals surface area contributed by atoms with E-state index in [9.17, 15) is 4.79 Å². The van der Waals surface area contributed by atoms with Crippen LogP contribution in [0.5, 0.6) is 0 Å². The van der Waals surface area contributed by atoms with E-state index in [0.717, 1.165) is 18.4 Å². The maximum Gasteiger partial charge on any atom is 0.163 e. The van der Waals surface area contributed by atoms with E-state index in [2.05, 4.69) is 37.3 Å². The second-order valence-corrected chi connectivity index (χ2v) is 5.00. The van der Waals surface area contributed by atoms with Gasteiger partial charge < -0.3 is 0 Å². The van der Waals surface area contributed by atoms with Crippen LogP contribution in [-0.2, 0) is 0 Å². The summed E-state index contributed by atoms with van der Waals surface area (Å²) in [5.41, 5.74) is 2.19. The Bertz CT molecular complexity index is 583. The van der Waals surface area contributed by atoms with Gasteiger partial charge in [-0.15, -0.1) is 0 Å². The largest absolute Gasteiger partial charge is 0.294 e. The zero-order valence-corrected chi connectivity index (χ0v) is 10.1. The van der Waals surface area contributed by atoms with E-state index in [1.807, 2.05) is 6.07 Å². The van der Waals surface area contributed by atoms with Gasteiger partial charge in [0, 0.05) is 12.0 Å². The van der Waals surface area contributed by atoms with Gasteiger partial charge in [-0.25, -0.2) is 0 Å². The molecule has 0 bridgehead atoms. The second kappa shape index (κ2) is 3.99. The van der Waals surface area contributed by atoms with Crippen LogP contribution < -0.4 is 0 Å². The van der Waals surface area contributed by atoms with Crippen molar-refractivity contribution in [2.75, 3.05) is 0 Å². The fraction of sp³-hybridized carbons (Fsp3) is 0.312. The molecule has 0 aliphatic heterocycles. The molecule has 0 N–H and O–H groups in total. The monoisotopic (exact) mass is 224 g/mol. The van der Waals surface area contributed by atoms with Crippen molar-refractivity contribution in [3.63, 3.8) is 0 Å². The third-order valence-electron chi connectivity index (χ3n) is 3.79. The molecule has 3 rings (SSSR count). The van der Waals surface area contributed by atoms with Gasteiger partial charge in [-0.05, 0) is 41.2 Å². The molecule has 86 valence electrons. The summed E-state index contributed by atoms with van der Waals surface area (Å²) in [6, 6.07) is 12.6. The zero-order valence-electron chi connectivity index (χ0n) is 10.1. The van der Waals surface area contributed by atoms with Crippen LogP contribution in [0.4, 0.5) is 0 Å². The van der Waals surface area contributed by atoms with E-state index in [1.165, 1.54) is 16.3 Å². The summed E-state index contributed by atoms with van der Waals surface area (Å²) in [4.78, 5) is 12.1. The van der Waals surface area contributed by atoms with Gasteiger partial charge in [0.05, 0.1) is 0 Å². The third-order valence-corrected chi connectivity index (χ3v) is 3.79. The van der Waals surface area contributed by atoms with Crippen LogP contribution in [0.1, 0.15) is 48.0 Å². The van der Waals surface area contributed by atoms with Gasteiger partial charge in [0.2, 0.25) is 0 Å². The average molecular weight is 224 g/mol. The predicted octanol–water partition coefficient (Wildman–Crippen LogP) is 4.31. The van der Waals surface area contributed by atoms with E-state index >= 15 is 0 Å². The highest BCUT2D eigenvalue weighted by molar-refractivity contribution is 6.02. The molecule has 2 aromatic carbocycles. The van der Waals surface area contributed by atoms with Crippen molar-refractivity contribution in [1.29, 1.82) is 0 Å². The van der Waals surface area contributed by atoms with Crippen molar-refractivity contribution in [3.8, 4) is 0 Å². The van der Waals surface area contributed by atoms with Crippen molar-refractivity contribution in [2.45, 2.75) is 32.1 Å². The van der Waals surface area contributed by atoms with Crippen molar-refractivity contribution in [2.24, 2.45) is 0 Å². The molecule has 0 radical (unpaired) electrons. The van der Waals surface area contributed by atoms with Crippen LogP contribution in [0.15, 0.2) is 36.4 Å². The number of rotatable bonds is 0. The lowest BCUT2D eigenvalue weighted by Gasteiger charge is -2.13. The Morgan fingerprint density at radius 3 is 2.59 bits per heavy atom. The molecule has 0 amide bonds. The molecule has 17 heavy (non-hydrogen) atoms. The van der Waals surface area contributed by atoms with E-state index in [1.54, 1.807) is 0 Å². The van der Waals surface area contributed by atoms with Crippen LogP contribution >= 0.6 is 0 Å². The Kier molecular flexibility index (Phi) is 2.47. The van der Waals surface area contributed by atoms with Crippen LogP contribution in [0.2, 0.25) is 0 Å². The highest BCUT2D eigenvalue weighted by atomic mass is 16.1. The highest BCUT2D eigenvalue weighted by Crippen LogP contribution is 2.32. The van der Waals surface area contributed by atoms with E-state index < -0.39 is 0 Å². The van der Waals surface area contributed by atoms with E-state index in [0.29, 0.717) is 18.1 Å². The first-order chi connectivity index (χ1) is 8.25. The normalized spacial score (nSPS) is 20.1. The van der Waals surface area contributed by atoms with Gasteiger partial charge in [-0.3, -0.25) is 4.79 Å². The maximum absolute atomic E-state index is 12.1. The Balaban J connectivity index is 2.29. The number of hydrogen-bond acceptors (Lipinski definition) is 1. The van der Waals surface area contributed by atoms with E-state index in [-0.39, 0.29) is 0 Å². The summed E-state index contributed by atoms with van der Waals surface area (Å²) in [5.74, 6) is 0.816. The lowest BCUT2D eigenvalue weighted by Crippen LogP contribution is -2.01. The van der Waals surface area contributed by atoms with Crippen LogP contribution in [0.3, 0.4) is 0 Å². The third kappa shape index (κ3) is 1.76. The summed E-state index contributed by atoms with van der Waals surface area (Å²) < 4.78 is 0. The van der Waals surface area contributed by atoms with Gasteiger partial charge in [-0.1, -0.05) is 37.3 Å². The van der Waals surface area contributed by atoms with Crippen molar-refractivity contribution in [1.82, 2.24) is 0 Å². The molecule has 1 aliphatic rings. The molecular weight excluding hydrogens is 208 g/mol. The minimum atomic E-state index is 0.315. The number of carbonyl (C=O) groups is 1. The molecule has 1 aliphatic carbocycles. The number of hydrogen-bond donors (Lipinski definition) is 0. The first-order valence-corrected chi connectivity index (χ1v) is 6.31. The van der Waals surface area contributed by atoms with Crippen molar-refractivity contribution in [3.05, 3.63) is 47.5 Å². The second-order valence-electron chi connectivity index (χ2n) is 5.00. The number of fused-ring (bicyclic) bond motifs is 2. The predicted molar refractivity (Wildman–Crippen MR) is 70.5 cm³/mol. The Morgan fingerprint density at radius 1 is 1.12 bits per heavy atom. The molecule has 0 saturated heterocycles. The number of ketones is 1. The summed E-state index contributed by atoms with van der Waals surface area (Å²) >= 11 is 0. The van der Waals surface area contributed by atoms with Gasteiger partial charge in [0.1, 0.15) is 0 Å². The first-order valence-electron chi connectivity index (χ1n) is 6.31. The molecule has 1 unspecified atom stereocenters. The summed E-state index contributed by atoms with van der Waals surface area (Å²) in [7, 11) is 0. The first kappa shape index (κ1) is 10.5. The molecule has 0 aromatic heterocycles. The van der Waals surface area contributed by atoms with Crippen molar-refractivity contribution >= 4 is 16.6 Å². The number of carbonyl (C=O) groups excluding carboxylic acids is 1. The van der Waals surface area contributed by atoms with Crippen LogP contribution in [-0.4, -0.2) is 5.78 Å². The standard InChI is InChI=1S/C16H16O/c1-11-5-4-8-16(17)15-10-13-7-3-2-6-12(13)9-14(11)15/h2-3,6-7,9-11H,4-5,8H2,1H3. The number of Topliss-reactive ketones (excluding diaryl/α,β-unsaturated/α-hetero) is 1. The molecule has 0 spiro atoms. The molecule has 1 heteroatoms. The topological polar surface area (TPSA) is 17.1 Å². The molecule has 1 atom stereocenters. The summed E-state index contributed by atoms with van der Waals surface area (Å²) in [5, 5.41) is 2.42. The fourth-order valence-corrected chi connectivity index (χ4v) is 2.77. The summed E-state index contributed by atoms with van der Waals surface area (Å²) in [6.45, 7) is 2.23. The maximum atomic E-state index is 12.1. The molecule has 0 saturated carbocycles. The Morgan fingerprint density at radius 2 is 1.82 bits per heavy atom. The van der Waals surface area contributed by atoms with Gasteiger partial charge in [0.25, 0.3) is 0 Å². The zero-order chi connectivity index (χ0) is 11.8. The quantitative estimate of drug-likeness (QED) is 0.609. The van der Waals surface area contributed by atoms with Gasteiger partial charge in [0.15, 0.2) is 5.78 Å². The minimum absolute atomic E-state index is 0.315. The summed E-state index contributed by atoms with van der Waals surface area (Å²) in [6.07, 6.45) is 2.85. The smallest absolute Gasteiger partial charge is 0.163 e. The lowest BCUT2D eigenvalue weighted by molar-refractivity contribution is 0.0982. The SMILES string of the molecule is CC1CCCC(=O)c2cc3ccccc3cc21. The molecular formula is C16H16O. The molecule has 0 heterocycles. The van der Waals surface area contributed by atoms with Gasteiger partial charge in [-0.2, -0.15) is 0 Å². The lowest BCUT2D eigenvalue weighted by atomic mass is 9.91. The molecule has 1 nitrogen and oxygen atoms in total. The average Bonchev–Trinajstić information content (AvgIpc) is 2.48. The Labute approximate surface area is 101 Å². The van der Waals surface area contributed by atoms with E-state index in [4.69, 9.17) is 0 Å². The minimum Gasteiger partial charge on any atom is -0.294 e. The van der Waals surface area contributed by atoms with Crippen molar-refractivity contribution < 1.29 is 4.79 Å². The fourth-order valence-electron chi connectivity index (χ4n) is 2.77. The van der Waals surface area contributed by atoms with Gasteiger partial charge >= 0.3 is 0 Å². The number of benzene rings is 2. The highest BCUT2D eigenvalue weighted by Gasteiger charge is 2.20. The van der Waals surface area contributed by atoms with Crippen LogP contribution in [0.25, 0.3) is 10.8 Å². The van der Waals surface area contributed by atoms with Crippen LogP contribution in [0, 0.1) is 0 Å². The Hall–Kier alpha value is -1.63.